The second kappa shape index (κ2) is 16.5. The van der Waals surface area contributed by atoms with Gasteiger partial charge in [-0.15, -0.1) is 23.1 Å². The van der Waals surface area contributed by atoms with Gasteiger partial charge in [0, 0.05) is 32.7 Å². The number of thiazole rings is 1. The zero-order valence-corrected chi connectivity index (χ0v) is 28.8. The SMILES string of the molecule is COc1ccc(OC)c(/C=C(\NC(=O)c2ccccc2)C(=O)Nc2ccc(SC(C)C(=O)Nc3nc(-c4ccccc4OC)cs3)cc2)c1. The Hall–Kier alpha value is -5.59. The Morgan fingerprint density at radius 2 is 1.53 bits per heavy atom. The molecular weight excluding hydrogens is 661 g/mol. The molecule has 1 aromatic heterocycles. The van der Waals surface area contributed by atoms with Crippen molar-refractivity contribution in [2.24, 2.45) is 0 Å². The summed E-state index contributed by atoms with van der Waals surface area (Å²) < 4.78 is 16.2. The largest absolute Gasteiger partial charge is 0.497 e. The van der Waals surface area contributed by atoms with Crippen LogP contribution in [0.25, 0.3) is 17.3 Å². The van der Waals surface area contributed by atoms with Crippen LogP contribution in [0.5, 0.6) is 17.2 Å². The van der Waals surface area contributed by atoms with Crippen molar-refractivity contribution >= 4 is 57.7 Å². The van der Waals surface area contributed by atoms with Crippen molar-refractivity contribution in [3.8, 4) is 28.5 Å². The predicted molar refractivity (Wildman–Crippen MR) is 195 cm³/mol. The number of amides is 3. The van der Waals surface area contributed by atoms with Crippen LogP contribution < -0.4 is 30.2 Å². The van der Waals surface area contributed by atoms with E-state index in [1.165, 1.54) is 43.4 Å². The van der Waals surface area contributed by atoms with E-state index in [4.69, 9.17) is 14.2 Å². The summed E-state index contributed by atoms with van der Waals surface area (Å²) in [7, 11) is 4.66. The molecule has 0 spiro atoms. The Morgan fingerprint density at radius 3 is 2.24 bits per heavy atom. The number of methoxy groups -OCH3 is 3. The van der Waals surface area contributed by atoms with Crippen molar-refractivity contribution in [1.29, 1.82) is 0 Å². The van der Waals surface area contributed by atoms with Crippen molar-refractivity contribution in [2.75, 3.05) is 32.0 Å². The molecule has 0 saturated heterocycles. The number of carbonyl (C=O) groups is 3. The highest BCUT2D eigenvalue weighted by Gasteiger charge is 2.19. The summed E-state index contributed by atoms with van der Waals surface area (Å²) in [5, 5.41) is 10.4. The maximum Gasteiger partial charge on any atom is 0.272 e. The van der Waals surface area contributed by atoms with Crippen LogP contribution in [0.3, 0.4) is 0 Å². The number of thioether (sulfide) groups is 1. The molecule has 0 aliphatic carbocycles. The van der Waals surface area contributed by atoms with Crippen molar-refractivity contribution in [3.05, 3.63) is 119 Å². The molecule has 0 saturated carbocycles. The monoisotopic (exact) mass is 694 g/mol. The lowest BCUT2D eigenvalue weighted by molar-refractivity contribution is -0.115. The highest BCUT2D eigenvalue weighted by molar-refractivity contribution is 8.00. The first kappa shape index (κ1) is 34.7. The van der Waals surface area contributed by atoms with Gasteiger partial charge in [-0.3, -0.25) is 14.4 Å². The summed E-state index contributed by atoms with van der Waals surface area (Å²) in [6, 6.07) is 28.4. The molecule has 0 aliphatic heterocycles. The van der Waals surface area contributed by atoms with Gasteiger partial charge in [0.15, 0.2) is 5.13 Å². The molecule has 0 bridgehead atoms. The number of nitrogens with one attached hydrogen (secondary N) is 3. The molecule has 5 aromatic rings. The average Bonchev–Trinajstić information content (AvgIpc) is 3.60. The highest BCUT2D eigenvalue weighted by atomic mass is 32.2. The molecule has 1 atom stereocenters. The van der Waals surface area contributed by atoms with Gasteiger partial charge in [0.2, 0.25) is 5.91 Å². The fourth-order valence-corrected chi connectivity index (χ4v) is 6.22. The number of aromatic nitrogens is 1. The third-order valence-corrected chi connectivity index (χ3v) is 9.05. The topological polar surface area (TPSA) is 128 Å². The first-order valence-corrected chi connectivity index (χ1v) is 16.8. The Kier molecular flexibility index (Phi) is 11.7. The Labute approximate surface area is 292 Å². The van der Waals surface area contributed by atoms with Crippen molar-refractivity contribution in [1.82, 2.24) is 10.3 Å². The zero-order chi connectivity index (χ0) is 34.8. The van der Waals surface area contributed by atoms with Crippen LogP contribution in [-0.2, 0) is 9.59 Å². The number of hydrogen-bond donors (Lipinski definition) is 3. The predicted octanol–water partition coefficient (Wildman–Crippen LogP) is 7.36. The number of carbonyl (C=O) groups excluding carboxylic acids is 3. The van der Waals surface area contributed by atoms with E-state index in [-0.39, 0.29) is 11.6 Å². The van der Waals surface area contributed by atoms with Gasteiger partial charge in [-0.25, -0.2) is 4.98 Å². The number of hydrogen-bond acceptors (Lipinski definition) is 9. The van der Waals surface area contributed by atoms with Crippen LogP contribution in [0.2, 0.25) is 0 Å². The van der Waals surface area contributed by atoms with Crippen molar-refractivity contribution in [2.45, 2.75) is 17.1 Å². The fraction of sp³-hybridized carbons (Fsp3) is 0.135. The van der Waals surface area contributed by atoms with Gasteiger partial charge in [0.1, 0.15) is 22.9 Å². The summed E-state index contributed by atoms with van der Waals surface area (Å²) in [4.78, 5) is 45.0. The zero-order valence-electron chi connectivity index (χ0n) is 27.2. The van der Waals surface area contributed by atoms with Crippen molar-refractivity contribution in [3.63, 3.8) is 0 Å². The van der Waals surface area contributed by atoms with E-state index < -0.39 is 17.1 Å². The second-order valence-electron chi connectivity index (χ2n) is 10.5. The van der Waals surface area contributed by atoms with E-state index in [0.717, 1.165) is 16.2 Å². The summed E-state index contributed by atoms with van der Waals surface area (Å²) in [5.41, 5.74) is 2.99. The van der Waals surface area contributed by atoms with Gasteiger partial charge in [-0.05, 0) is 79.7 Å². The molecular formula is C37H34N4O6S2. The minimum absolute atomic E-state index is 0.000188. The van der Waals surface area contributed by atoms with E-state index in [9.17, 15) is 14.4 Å². The Bertz CT molecular complexity index is 1960. The van der Waals surface area contributed by atoms with Crippen LogP contribution >= 0.6 is 23.1 Å². The molecule has 49 heavy (non-hydrogen) atoms. The number of nitrogens with zero attached hydrogens (tertiary/aromatic N) is 1. The van der Waals surface area contributed by atoms with Crippen molar-refractivity contribution < 1.29 is 28.6 Å². The van der Waals surface area contributed by atoms with Crippen LogP contribution in [0.15, 0.2) is 113 Å². The third-order valence-electron chi connectivity index (χ3n) is 7.18. The van der Waals surface area contributed by atoms with E-state index in [0.29, 0.717) is 39.2 Å². The standard InChI is InChI=1S/C37H34N4O6S2/c1-23(34(42)41-37-40-31(22-48-37)29-12-8-9-13-33(29)47-4)49-28-17-14-26(15-18-28)38-36(44)30(39-35(43)24-10-6-5-7-11-24)21-25-20-27(45-2)16-19-32(25)46-3/h5-23H,1-4H3,(H,38,44)(H,39,43)(H,40,41,42)/b30-21-. The molecule has 12 heteroatoms. The molecule has 1 unspecified atom stereocenters. The summed E-state index contributed by atoms with van der Waals surface area (Å²) >= 11 is 2.71. The lowest BCUT2D eigenvalue weighted by atomic mass is 10.1. The number of anilines is 2. The molecule has 3 amide bonds. The van der Waals surface area contributed by atoms with E-state index >= 15 is 0 Å². The molecule has 3 N–H and O–H groups in total. The maximum absolute atomic E-state index is 13.6. The van der Waals surface area contributed by atoms with Gasteiger partial charge in [-0.1, -0.05) is 30.3 Å². The number of rotatable bonds is 13. The summed E-state index contributed by atoms with van der Waals surface area (Å²) in [5.74, 6) is 0.568. The average molecular weight is 695 g/mol. The molecule has 10 nitrogen and oxygen atoms in total. The number of ether oxygens (including phenoxy) is 3. The fourth-order valence-electron chi connectivity index (χ4n) is 4.64. The lowest BCUT2D eigenvalue weighted by Gasteiger charge is -2.14. The first-order valence-electron chi connectivity index (χ1n) is 15.1. The highest BCUT2D eigenvalue weighted by Crippen LogP contribution is 2.33. The van der Waals surface area contributed by atoms with Crippen LogP contribution in [-0.4, -0.2) is 49.3 Å². The van der Waals surface area contributed by atoms with Crippen LogP contribution in [0.1, 0.15) is 22.8 Å². The smallest absolute Gasteiger partial charge is 0.272 e. The minimum Gasteiger partial charge on any atom is -0.497 e. The van der Waals surface area contributed by atoms with Gasteiger partial charge in [0.05, 0.1) is 32.3 Å². The van der Waals surface area contributed by atoms with E-state index in [1.54, 1.807) is 67.8 Å². The number of benzene rings is 4. The molecule has 250 valence electrons. The molecule has 1 heterocycles. The van der Waals surface area contributed by atoms with Gasteiger partial charge in [-0.2, -0.15) is 0 Å². The lowest BCUT2D eigenvalue weighted by Crippen LogP contribution is -2.30. The normalized spacial score (nSPS) is 11.6. The minimum atomic E-state index is -0.543. The molecule has 5 rings (SSSR count). The van der Waals surface area contributed by atoms with E-state index in [1.807, 2.05) is 48.7 Å². The molecule has 0 aliphatic rings. The molecule has 0 radical (unpaired) electrons. The van der Waals surface area contributed by atoms with Crippen LogP contribution in [0.4, 0.5) is 10.8 Å². The first-order chi connectivity index (χ1) is 23.8. The Morgan fingerprint density at radius 1 is 0.816 bits per heavy atom. The number of para-hydroxylation sites is 1. The van der Waals surface area contributed by atoms with Gasteiger partial charge < -0.3 is 30.2 Å². The molecule has 4 aromatic carbocycles. The maximum atomic E-state index is 13.6. The van der Waals surface area contributed by atoms with Gasteiger partial charge >= 0.3 is 0 Å². The summed E-state index contributed by atoms with van der Waals surface area (Å²) in [6.45, 7) is 1.81. The van der Waals surface area contributed by atoms with Gasteiger partial charge in [0.25, 0.3) is 11.8 Å². The summed E-state index contributed by atoms with van der Waals surface area (Å²) in [6.07, 6.45) is 1.53. The van der Waals surface area contributed by atoms with E-state index in [2.05, 4.69) is 20.9 Å². The van der Waals surface area contributed by atoms with Crippen LogP contribution in [0, 0.1) is 0 Å². The second-order valence-corrected chi connectivity index (χ2v) is 12.7. The molecule has 0 fully saturated rings. The Balaban J connectivity index is 1.25. The quantitative estimate of drug-likeness (QED) is 0.0862. The third kappa shape index (κ3) is 9.06.